The molecule has 0 saturated carbocycles. The van der Waals surface area contributed by atoms with Crippen molar-refractivity contribution in [3.63, 3.8) is 0 Å². The highest BCUT2D eigenvalue weighted by molar-refractivity contribution is 14.1. The van der Waals surface area contributed by atoms with Gasteiger partial charge in [0.25, 0.3) is 5.91 Å². The van der Waals surface area contributed by atoms with E-state index in [4.69, 9.17) is 0 Å². The second-order valence-corrected chi connectivity index (χ2v) is 5.45. The second kappa shape index (κ2) is 4.75. The topological polar surface area (TPSA) is 37.3 Å². The van der Waals surface area contributed by atoms with Crippen LogP contribution in [0.2, 0.25) is 0 Å². The molecule has 0 aliphatic carbocycles. The van der Waals surface area contributed by atoms with Crippen molar-refractivity contribution < 1.29 is 4.79 Å². The van der Waals surface area contributed by atoms with Crippen molar-refractivity contribution >= 4 is 28.5 Å². The molecule has 0 unspecified atom stereocenters. The number of halogens is 1. The van der Waals surface area contributed by atoms with Gasteiger partial charge in [-0.1, -0.05) is 0 Å². The van der Waals surface area contributed by atoms with Gasteiger partial charge in [-0.05, 0) is 35.6 Å². The second-order valence-electron chi connectivity index (χ2n) is 4.21. The number of hydrogen-bond acceptors (Lipinski definition) is 2. The summed E-state index contributed by atoms with van der Waals surface area (Å²) in [5.74, 6) is 0.138. The van der Waals surface area contributed by atoms with Gasteiger partial charge in [0.05, 0.1) is 0 Å². The molecule has 1 atom stereocenters. The van der Waals surface area contributed by atoms with Gasteiger partial charge in [-0.25, -0.2) is 0 Å². The first-order valence-electron chi connectivity index (χ1n) is 5.43. The first kappa shape index (κ1) is 11.9. The van der Waals surface area contributed by atoms with Crippen LogP contribution in [0.1, 0.15) is 17.4 Å². The van der Waals surface area contributed by atoms with Crippen LogP contribution in [-0.2, 0) is 7.05 Å². The van der Waals surface area contributed by atoms with E-state index in [1.807, 2.05) is 28.8 Å². The van der Waals surface area contributed by atoms with Crippen molar-refractivity contribution in [1.29, 1.82) is 0 Å². The SMILES string of the molecule is C[C@H]1CNCCN1C(=O)c1cc(I)cn1C. The number of carbonyl (C=O) groups is 1. The zero-order valence-corrected chi connectivity index (χ0v) is 11.7. The van der Waals surface area contributed by atoms with Gasteiger partial charge in [-0.15, -0.1) is 0 Å². The van der Waals surface area contributed by atoms with Crippen molar-refractivity contribution in [2.24, 2.45) is 7.05 Å². The molecular weight excluding hydrogens is 317 g/mol. The number of hydrogen-bond donors (Lipinski definition) is 1. The normalized spacial score (nSPS) is 21.2. The Morgan fingerprint density at radius 3 is 2.94 bits per heavy atom. The summed E-state index contributed by atoms with van der Waals surface area (Å²) >= 11 is 2.23. The molecule has 1 aromatic rings. The number of aromatic nitrogens is 1. The van der Waals surface area contributed by atoms with E-state index in [0.29, 0.717) is 0 Å². The summed E-state index contributed by atoms with van der Waals surface area (Å²) in [5, 5.41) is 3.29. The van der Waals surface area contributed by atoms with Crippen LogP contribution in [0.15, 0.2) is 12.3 Å². The minimum atomic E-state index is 0.138. The van der Waals surface area contributed by atoms with Crippen LogP contribution < -0.4 is 5.32 Å². The fraction of sp³-hybridized carbons (Fsp3) is 0.545. The van der Waals surface area contributed by atoms with Crippen molar-refractivity contribution in [1.82, 2.24) is 14.8 Å². The lowest BCUT2D eigenvalue weighted by Crippen LogP contribution is -2.52. The van der Waals surface area contributed by atoms with Crippen LogP contribution in [0.3, 0.4) is 0 Å². The molecule has 1 N–H and O–H groups in total. The zero-order valence-electron chi connectivity index (χ0n) is 9.53. The summed E-state index contributed by atoms with van der Waals surface area (Å²) in [7, 11) is 1.92. The van der Waals surface area contributed by atoms with Crippen molar-refractivity contribution in [2.75, 3.05) is 19.6 Å². The summed E-state index contributed by atoms with van der Waals surface area (Å²) in [6, 6.07) is 2.21. The summed E-state index contributed by atoms with van der Waals surface area (Å²) in [6.07, 6.45) is 1.97. The lowest BCUT2D eigenvalue weighted by atomic mass is 10.2. The molecule has 0 aromatic carbocycles. The third kappa shape index (κ3) is 2.24. The molecule has 2 heterocycles. The quantitative estimate of drug-likeness (QED) is 0.781. The summed E-state index contributed by atoms with van der Waals surface area (Å²) in [4.78, 5) is 14.3. The molecule has 1 aromatic heterocycles. The number of rotatable bonds is 1. The number of nitrogens with zero attached hydrogens (tertiary/aromatic N) is 2. The smallest absolute Gasteiger partial charge is 0.270 e. The molecule has 1 aliphatic heterocycles. The van der Waals surface area contributed by atoms with Gasteiger partial charge in [-0.2, -0.15) is 0 Å². The van der Waals surface area contributed by atoms with Crippen LogP contribution in [-0.4, -0.2) is 41.1 Å². The molecule has 0 bridgehead atoms. The van der Waals surface area contributed by atoms with E-state index in [9.17, 15) is 4.79 Å². The minimum Gasteiger partial charge on any atom is -0.346 e. The van der Waals surface area contributed by atoms with Gasteiger partial charge in [-0.3, -0.25) is 4.79 Å². The third-order valence-electron chi connectivity index (χ3n) is 2.95. The van der Waals surface area contributed by atoms with Gasteiger partial charge >= 0.3 is 0 Å². The Hall–Kier alpha value is -0.560. The predicted octanol–water partition coefficient (Wildman–Crippen LogP) is 1.06. The maximum atomic E-state index is 12.3. The summed E-state index contributed by atoms with van der Waals surface area (Å²) < 4.78 is 3.00. The van der Waals surface area contributed by atoms with Crippen LogP contribution in [0, 0.1) is 3.57 Å². The van der Waals surface area contributed by atoms with E-state index in [0.717, 1.165) is 28.9 Å². The molecular formula is C11H16IN3O. The molecule has 1 aliphatic rings. The van der Waals surface area contributed by atoms with Gasteiger partial charge in [0.2, 0.25) is 0 Å². The molecule has 0 radical (unpaired) electrons. The van der Waals surface area contributed by atoms with E-state index in [1.54, 1.807) is 0 Å². The van der Waals surface area contributed by atoms with E-state index in [1.165, 1.54) is 0 Å². The Kier molecular flexibility index (Phi) is 3.53. The van der Waals surface area contributed by atoms with Gasteiger partial charge in [0.1, 0.15) is 5.69 Å². The molecule has 5 heteroatoms. The van der Waals surface area contributed by atoms with Crippen molar-refractivity contribution in [3.05, 3.63) is 21.5 Å². The van der Waals surface area contributed by atoms with Crippen LogP contribution >= 0.6 is 22.6 Å². The van der Waals surface area contributed by atoms with E-state index < -0.39 is 0 Å². The Morgan fingerprint density at radius 2 is 2.38 bits per heavy atom. The maximum absolute atomic E-state index is 12.3. The Labute approximate surface area is 109 Å². The van der Waals surface area contributed by atoms with Crippen LogP contribution in [0.4, 0.5) is 0 Å². The molecule has 4 nitrogen and oxygen atoms in total. The number of aryl methyl sites for hydroxylation is 1. The lowest BCUT2D eigenvalue weighted by Gasteiger charge is -2.34. The Morgan fingerprint density at radius 1 is 1.62 bits per heavy atom. The first-order valence-corrected chi connectivity index (χ1v) is 6.51. The predicted molar refractivity (Wildman–Crippen MR) is 71.5 cm³/mol. The molecule has 88 valence electrons. The highest BCUT2D eigenvalue weighted by atomic mass is 127. The van der Waals surface area contributed by atoms with Gasteiger partial charge < -0.3 is 14.8 Å². The molecule has 1 fully saturated rings. The number of carbonyl (C=O) groups excluding carboxylic acids is 1. The monoisotopic (exact) mass is 333 g/mol. The standard InChI is InChI=1S/C11H16IN3O/c1-8-6-13-3-4-15(8)11(16)10-5-9(12)7-14(10)2/h5,7-8,13H,3-4,6H2,1-2H3/t8-/m0/s1. The van der Waals surface area contributed by atoms with E-state index in [-0.39, 0.29) is 11.9 Å². The number of nitrogens with one attached hydrogen (secondary N) is 1. The summed E-state index contributed by atoms with van der Waals surface area (Å²) in [6.45, 7) is 4.64. The van der Waals surface area contributed by atoms with Crippen molar-refractivity contribution in [3.8, 4) is 0 Å². The molecule has 1 saturated heterocycles. The molecule has 2 rings (SSSR count). The van der Waals surface area contributed by atoms with Gasteiger partial charge in [0, 0.05) is 42.5 Å². The summed E-state index contributed by atoms with van der Waals surface area (Å²) in [5.41, 5.74) is 0.776. The zero-order chi connectivity index (χ0) is 11.7. The first-order chi connectivity index (χ1) is 7.59. The molecule has 0 spiro atoms. The van der Waals surface area contributed by atoms with Crippen molar-refractivity contribution in [2.45, 2.75) is 13.0 Å². The lowest BCUT2D eigenvalue weighted by molar-refractivity contribution is 0.0646. The van der Waals surface area contributed by atoms with E-state index in [2.05, 4.69) is 34.8 Å². The molecule has 16 heavy (non-hydrogen) atoms. The van der Waals surface area contributed by atoms with E-state index >= 15 is 0 Å². The average Bonchev–Trinajstić information content (AvgIpc) is 2.58. The van der Waals surface area contributed by atoms with Crippen LogP contribution in [0.5, 0.6) is 0 Å². The third-order valence-corrected chi connectivity index (χ3v) is 3.54. The highest BCUT2D eigenvalue weighted by Crippen LogP contribution is 2.14. The number of piperazine rings is 1. The largest absolute Gasteiger partial charge is 0.346 e. The van der Waals surface area contributed by atoms with Crippen LogP contribution in [0.25, 0.3) is 0 Å². The fourth-order valence-electron chi connectivity index (χ4n) is 2.03. The number of amides is 1. The maximum Gasteiger partial charge on any atom is 0.270 e. The Bertz CT molecular complexity index is 402. The average molecular weight is 333 g/mol. The fourth-order valence-corrected chi connectivity index (χ4v) is 2.74. The molecule has 1 amide bonds. The van der Waals surface area contributed by atoms with Gasteiger partial charge in [0.15, 0.2) is 0 Å². The highest BCUT2D eigenvalue weighted by Gasteiger charge is 2.25. The minimum absolute atomic E-state index is 0.138. The Balaban J connectivity index is 2.21.